The number of ether oxygens (including phenoxy) is 1. The van der Waals surface area contributed by atoms with Crippen molar-refractivity contribution < 1.29 is 13.9 Å². The van der Waals surface area contributed by atoms with Crippen LogP contribution in [0.2, 0.25) is 0 Å². The summed E-state index contributed by atoms with van der Waals surface area (Å²) in [4.78, 5) is 11.9. The molecule has 0 aliphatic rings. The van der Waals surface area contributed by atoms with E-state index in [4.69, 9.17) is 4.74 Å². The van der Waals surface area contributed by atoms with E-state index in [-0.39, 0.29) is 18.3 Å². The zero-order valence-corrected chi connectivity index (χ0v) is 13.3. The molecule has 110 valence electrons. The molecule has 0 spiro atoms. The molecule has 0 aliphatic heterocycles. The quantitative estimate of drug-likeness (QED) is 0.895. The molecule has 0 saturated heterocycles. The topological polar surface area (TPSA) is 38.3 Å². The molecule has 0 saturated carbocycles. The predicted octanol–water partition coefficient (Wildman–Crippen LogP) is 4.22. The Morgan fingerprint density at radius 2 is 2.00 bits per heavy atom. The van der Waals surface area contributed by atoms with Gasteiger partial charge in [0, 0.05) is 5.69 Å². The van der Waals surface area contributed by atoms with Gasteiger partial charge in [0.05, 0.1) is 4.47 Å². The lowest BCUT2D eigenvalue weighted by Crippen LogP contribution is -2.20. The Morgan fingerprint density at radius 3 is 2.67 bits per heavy atom. The highest BCUT2D eigenvalue weighted by Gasteiger charge is 2.08. The average molecular weight is 352 g/mol. The van der Waals surface area contributed by atoms with Crippen LogP contribution in [0.25, 0.3) is 0 Å². The van der Waals surface area contributed by atoms with Crippen molar-refractivity contribution in [1.82, 2.24) is 0 Å². The van der Waals surface area contributed by atoms with Gasteiger partial charge in [-0.15, -0.1) is 0 Å². The number of aryl methyl sites for hydroxylation is 2. The van der Waals surface area contributed by atoms with E-state index < -0.39 is 0 Å². The Bertz CT molecular complexity index is 673. The number of carbonyl (C=O) groups is 1. The number of anilines is 1. The summed E-state index contributed by atoms with van der Waals surface area (Å²) in [5, 5.41) is 2.69. The number of benzene rings is 2. The Balaban J connectivity index is 1.96. The number of carbonyl (C=O) groups excluding carboxylic acids is 1. The summed E-state index contributed by atoms with van der Waals surface area (Å²) in [7, 11) is 0. The minimum absolute atomic E-state index is 0.113. The highest BCUT2D eigenvalue weighted by atomic mass is 79.9. The molecule has 3 nitrogen and oxygen atoms in total. The Hall–Kier alpha value is -1.88. The van der Waals surface area contributed by atoms with E-state index in [1.165, 1.54) is 18.2 Å². The van der Waals surface area contributed by atoms with Gasteiger partial charge in [-0.2, -0.15) is 0 Å². The molecule has 0 heterocycles. The first-order chi connectivity index (χ1) is 9.95. The molecule has 2 rings (SSSR count). The van der Waals surface area contributed by atoms with Crippen molar-refractivity contribution in [1.29, 1.82) is 0 Å². The molecule has 1 N–H and O–H groups in total. The number of rotatable bonds is 4. The lowest BCUT2D eigenvalue weighted by atomic mass is 10.2. The second-order valence-corrected chi connectivity index (χ2v) is 5.58. The SMILES string of the molecule is Cc1ccc(OCC(=O)Nc2ccc(F)cc2C)c(Br)c1. The molecule has 0 unspecified atom stereocenters. The van der Waals surface area contributed by atoms with Crippen molar-refractivity contribution in [3.05, 3.63) is 57.8 Å². The van der Waals surface area contributed by atoms with Crippen LogP contribution < -0.4 is 10.1 Å². The third-order valence-electron chi connectivity index (χ3n) is 2.91. The molecule has 0 aliphatic carbocycles. The van der Waals surface area contributed by atoms with E-state index in [1.54, 1.807) is 13.0 Å². The van der Waals surface area contributed by atoms with Crippen LogP contribution in [0.4, 0.5) is 10.1 Å². The molecule has 0 atom stereocenters. The smallest absolute Gasteiger partial charge is 0.262 e. The minimum atomic E-state index is -0.328. The highest BCUT2D eigenvalue weighted by molar-refractivity contribution is 9.10. The molecule has 2 aromatic rings. The summed E-state index contributed by atoms with van der Waals surface area (Å²) in [6, 6.07) is 9.83. The Morgan fingerprint density at radius 1 is 1.24 bits per heavy atom. The maximum absolute atomic E-state index is 13.0. The molecule has 21 heavy (non-hydrogen) atoms. The van der Waals surface area contributed by atoms with Gasteiger partial charge in [-0.1, -0.05) is 6.07 Å². The summed E-state index contributed by atoms with van der Waals surface area (Å²) in [5.41, 5.74) is 2.34. The van der Waals surface area contributed by atoms with Crippen molar-refractivity contribution in [3.8, 4) is 5.75 Å². The van der Waals surface area contributed by atoms with Crippen LogP contribution in [0, 0.1) is 19.7 Å². The zero-order valence-electron chi connectivity index (χ0n) is 11.7. The van der Waals surface area contributed by atoms with Gasteiger partial charge < -0.3 is 10.1 Å². The van der Waals surface area contributed by atoms with Crippen molar-refractivity contribution in [2.45, 2.75) is 13.8 Å². The second-order valence-electron chi connectivity index (χ2n) is 4.73. The molecule has 2 aromatic carbocycles. The van der Waals surface area contributed by atoms with Gasteiger partial charge in [-0.05, 0) is 71.2 Å². The minimum Gasteiger partial charge on any atom is -0.483 e. The van der Waals surface area contributed by atoms with Crippen LogP contribution in [0.3, 0.4) is 0 Å². The van der Waals surface area contributed by atoms with Crippen LogP contribution >= 0.6 is 15.9 Å². The summed E-state index contributed by atoms with van der Waals surface area (Å²) < 4.78 is 19.2. The highest BCUT2D eigenvalue weighted by Crippen LogP contribution is 2.25. The fourth-order valence-electron chi connectivity index (χ4n) is 1.82. The normalized spacial score (nSPS) is 10.3. The second kappa shape index (κ2) is 6.72. The van der Waals surface area contributed by atoms with Gasteiger partial charge in [0.25, 0.3) is 5.91 Å². The molecule has 0 radical (unpaired) electrons. The number of amides is 1. The van der Waals surface area contributed by atoms with Crippen molar-refractivity contribution in [2.75, 3.05) is 11.9 Å². The molecule has 5 heteroatoms. The van der Waals surface area contributed by atoms with Crippen molar-refractivity contribution in [2.24, 2.45) is 0 Å². The molecule has 0 bridgehead atoms. The first-order valence-electron chi connectivity index (χ1n) is 6.40. The summed E-state index contributed by atoms with van der Waals surface area (Å²) in [6.07, 6.45) is 0. The largest absolute Gasteiger partial charge is 0.483 e. The molecule has 1 amide bonds. The third-order valence-corrected chi connectivity index (χ3v) is 3.53. The third kappa shape index (κ3) is 4.29. The summed E-state index contributed by atoms with van der Waals surface area (Å²) >= 11 is 3.39. The number of hydrogen-bond acceptors (Lipinski definition) is 2. The first kappa shape index (κ1) is 15.5. The van der Waals surface area contributed by atoms with E-state index in [0.29, 0.717) is 17.0 Å². The van der Waals surface area contributed by atoms with E-state index >= 15 is 0 Å². The summed E-state index contributed by atoms with van der Waals surface area (Å²) in [6.45, 7) is 3.59. The Labute approximate surface area is 131 Å². The monoisotopic (exact) mass is 351 g/mol. The molecular formula is C16H15BrFNO2. The Kier molecular flexibility index (Phi) is 4.96. The van der Waals surface area contributed by atoms with Gasteiger partial charge in [0.15, 0.2) is 6.61 Å². The number of nitrogens with one attached hydrogen (secondary N) is 1. The first-order valence-corrected chi connectivity index (χ1v) is 7.20. The fraction of sp³-hybridized carbons (Fsp3) is 0.188. The summed E-state index contributed by atoms with van der Waals surface area (Å²) in [5.74, 6) is -0.0194. The van der Waals surface area contributed by atoms with Crippen LogP contribution in [0.15, 0.2) is 40.9 Å². The maximum atomic E-state index is 13.0. The van der Waals surface area contributed by atoms with E-state index in [0.717, 1.165) is 10.0 Å². The van der Waals surface area contributed by atoms with Gasteiger partial charge >= 0.3 is 0 Å². The van der Waals surface area contributed by atoms with Crippen molar-refractivity contribution in [3.63, 3.8) is 0 Å². The van der Waals surface area contributed by atoms with Gasteiger partial charge in [-0.25, -0.2) is 4.39 Å². The van der Waals surface area contributed by atoms with Crippen LogP contribution in [-0.2, 0) is 4.79 Å². The van der Waals surface area contributed by atoms with Crippen LogP contribution in [-0.4, -0.2) is 12.5 Å². The lowest BCUT2D eigenvalue weighted by Gasteiger charge is -2.11. The van der Waals surface area contributed by atoms with Gasteiger partial charge in [0.2, 0.25) is 0 Å². The van der Waals surface area contributed by atoms with E-state index in [2.05, 4.69) is 21.2 Å². The fourth-order valence-corrected chi connectivity index (χ4v) is 2.43. The van der Waals surface area contributed by atoms with Gasteiger partial charge in [0.1, 0.15) is 11.6 Å². The number of halogens is 2. The van der Waals surface area contributed by atoms with Crippen LogP contribution in [0.5, 0.6) is 5.75 Å². The predicted molar refractivity (Wildman–Crippen MR) is 84.1 cm³/mol. The van der Waals surface area contributed by atoms with Crippen molar-refractivity contribution >= 4 is 27.5 Å². The number of hydrogen-bond donors (Lipinski definition) is 1. The lowest BCUT2D eigenvalue weighted by molar-refractivity contribution is -0.118. The molecule has 0 fully saturated rings. The van der Waals surface area contributed by atoms with E-state index in [1.807, 2.05) is 19.1 Å². The molecule has 0 aromatic heterocycles. The van der Waals surface area contributed by atoms with Gasteiger partial charge in [-0.3, -0.25) is 4.79 Å². The average Bonchev–Trinajstić information content (AvgIpc) is 2.41. The van der Waals surface area contributed by atoms with E-state index in [9.17, 15) is 9.18 Å². The van der Waals surface area contributed by atoms with Crippen LogP contribution in [0.1, 0.15) is 11.1 Å². The molecular weight excluding hydrogens is 337 g/mol. The zero-order chi connectivity index (χ0) is 15.4. The maximum Gasteiger partial charge on any atom is 0.262 e. The standard InChI is InChI=1S/C16H15BrFNO2/c1-10-3-6-15(13(17)7-10)21-9-16(20)19-14-5-4-12(18)8-11(14)2/h3-8H,9H2,1-2H3,(H,19,20).